The van der Waals surface area contributed by atoms with Crippen molar-refractivity contribution in [3.8, 4) is 0 Å². The second-order valence-corrected chi connectivity index (χ2v) is 5.51. The van der Waals surface area contributed by atoms with Crippen molar-refractivity contribution in [3.05, 3.63) is 39.9 Å². The molecule has 0 aromatic heterocycles. The number of amides is 1. The summed E-state index contributed by atoms with van der Waals surface area (Å²) in [7, 11) is 1.93. The van der Waals surface area contributed by atoms with E-state index < -0.39 is 4.92 Å². The van der Waals surface area contributed by atoms with Crippen molar-refractivity contribution < 1.29 is 9.72 Å². The van der Waals surface area contributed by atoms with Gasteiger partial charge in [-0.1, -0.05) is 12.1 Å². The van der Waals surface area contributed by atoms with Crippen LogP contribution in [0.25, 0.3) is 0 Å². The van der Waals surface area contributed by atoms with Gasteiger partial charge in [0.15, 0.2) is 0 Å². The van der Waals surface area contributed by atoms with E-state index in [0.29, 0.717) is 12.3 Å². The van der Waals surface area contributed by atoms with Crippen molar-refractivity contribution >= 4 is 24.0 Å². The average Bonchev–Trinajstić information content (AvgIpc) is 2.48. The molecule has 22 heavy (non-hydrogen) atoms. The Kier molecular flexibility index (Phi) is 7.27. The second kappa shape index (κ2) is 8.70. The molecule has 7 heteroatoms. The summed E-state index contributed by atoms with van der Waals surface area (Å²) < 4.78 is 0. The maximum absolute atomic E-state index is 12.3. The molecule has 6 nitrogen and oxygen atoms in total. The lowest BCUT2D eigenvalue weighted by Crippen LogP contribution is -2.43. The Morgan fingerprint density at radius 3 is 2.68 bits per heavy atom. The van der Waals surface area contributed by atoms with Crippen molar-refractivity contribution in [1.29, 1.82) is 0 Å². The van der Waals surface area contributed by atoms with Crippen LogP contribution in [-0.4, -0.2) is 42.4 Å². The van der Waals surface area contributed by atoms with Crippen LogP contribution in [0.15, 0.2) is 24.3 Å². The molecule has 1 aromatic rings. The maximum Gasteiger partial charge on any atom is 0.269 e. The quantitative estimate of drug-likeness (QED) is 0.663. The smallest absolute Gasteiger partial charge is 0.269 e. The van der Waals surface area contributed by atoms with Crippen LogP contribution in [-0.2, 0) is 11.2 Å². The van der Waals surface area contributed by atoms with E-state index in [1.165, 1.54) is 12.1 Å². The van der Waals surface area contributed by atoms with Crippen LogP contribution in [0, 0.1) is 16.0 Å². The summed E-state index contributed by atoms with van der Waals surface area (Å²) in [6.45, 7) is 2.54. The fourth-order valence-electron chi connectivity index (χ4n) is 2.77. The van der Waals surface area contributed by atoms with Crippen LogP contribution < -0.4 is 5.32 Å². The molecular weight excluding hydrogens is 306 g/mol. The molecule has 1 amide bonds. The Hall–Kier alpha value is -1.66. The van der Waals surface area contributed by atoms with Gasteiger partial charge in [-0.05, 0) is 37.9 Å². The number of nitrogens with one attached hydrogen (secondary N) is 1. The Morgan fingerprint density at radius 2 is 2.09 bits per heavy atom. The summed E-state index contributed by atoms with van der Waals surface area (Å²) >= 11 is 0. The first-order chi connectivity index (χ1) is 10.1. The van der Waals surface area contributed by atoms with Gasteiger partial charge in [-0.25, -0.2) is 0 Å². The number of halogens is 1. The summed E-state index contributed by atoms with van der Waals surface area (Å²) in [5.41, 5.74) is 0.875. The zero-order chi connectivity index (χ0) is 15.2. The molecule has 1 saturated heterocycles. The molecule has 0 radical (unpaired) electrons. The first kappa shape index (κ1) is 18.4. The topological polar surface area (TPSA) is 75.5 Å². The largest absolute Gasteiger partial charge is 0.342 e. The number of piperidine rings is 1. The van der Waals surface area contributed by atoms with Crippen LogP contribution >= 0.6 is 12.4 Å². The van der Waals surface area contributed by atoms with Crippen molar-refractivity contribution in [2.45, 2.75) is 19.3 Å². The fraction of sp³-hybridized carbons (Fsp3) is 0.533. The number of nitrogens with zero attached hydrogens (tertiary/aromatic N) is 2. The lowest BCUT2D eigenvalue weighted by Gasteiger charge is -2.32. The third-order valence-electron chi connectivity index (χ3n) is 3.87. The summed E-state index contributed by atoms with van der Waals surface area (Å²) in [6, 6.07) is 6.21. The maximum atomic E-state index is 12.3. The molecular formula is C15H22ClN3O3. The van der Waals surface area contributed by atoms with Gasteiger partial charge >= 0.3 is 0 Å². The zero-order valence-electron chi connectivity index (χ0n) is 12.7. The number of carbonyl (C=O) groups excluding carboxylic acids is 1. The van der Waals surface area contributed by atoms with E-state index in [1.54, 1.807) is 12.1 Å². The molecule has 0 saturated carbocycles. The number of carbonyl (C=O) groups is 1. The molecule has 1 aromatic carbocycles. The number of hydrogen-bond acceptors (Lipinski definition) is 4. The number of nitro benzene ring substituents is 1. The van der Waals surface area contributed by atoms with Crippen molar-refractivity contribution in [2.24, 2.45) is 5.92 Å². The third kappa shape index (κ3) is 4.96. The standard InChI is InChI=1S/C15H21N3O3.ClH/c1-16-10-13-3-2-8-17(11-13)15(19)9-12-4-6-14(7-5-12)18(20)21;/h4-7,13,16H,2-3,8-11H2,1H3;1H. The Morgan fingerprint density at radius 1 is 1.41 bits per heavy atom. The van der Waals surface area contributed by atoms with Gasteiger partial charge < -0.3 is 10.2 Å². The predicted octanol–water partition coefficient (Wildman–Crippen LogP) is 2.02. The number of likely N-dealkylation sites (tertiary alicyclic amines) is 1. The van der Waals surface area contributed by atoms with Crippen LogP contribution in [0.4, 0.5) is 5.69 Å². The second-order valence-electron chi connectivity index (χ2n) is 5.51. The monoisotopic (exact) mass is 327 g/mol. The van der Waals surface area contributed by atoms with E-state index in [4.69, 9.17) is 0 Å². The van der Waals surface area contributed by atoms with Crippen LogP contribution in [0.3, 0.4) is 0 Å². The minimum atomic E-state index is -0.432. The van der Waals surface area contributed by atoms with Crippen LogP contribution in [0.5, 0.6) is 0 Å². The molecule has 1 aliphatic heterocycles. The van der Waals surface area contributed by atoms with Crippen LogP contribution in [0.2, 0.25) is 0 Å². The third-order valence-corrected chi connectivity index (χ3v) is 3.87. The Bertz CT molecular complexity index is 505. The van der Waals surface area contributed by atoms with Gasteiger partial charge in [0.2, 0.25) is 5.91 Å². The van der Waals surface area contributed by atoms with E-state index >= 15 is 0 Å². The predicted molar refractivity (Wildman–Crippen MR) is 87.3 cm³/mol. The SMILES string of the molecule is CNCC1CCCN(C(=O)Cc2ccc([N+](=O)[O-])cc2)C1.Cl. The first-order valence-corrected chi connectivity index (χ1v) is 7.26. The van der Waals surface area contributed by atoms with Gasteiger partial charge in [-0.3, -0.25) is 14.9 Å². The highest BCUT2D eigenvalue weighted by molar-refractivity contribution is 5.85. The minimum absolute atomic E-state index is 0. The van der Waals surface area contributed by atoms with E-state index in [9.17, 15) is 14.9 Å². The minimum Gasteiger partial charge on any atom is -0.342 e. The Balaban J connectivity index is 0.00000242. The summed E-state index contributed by atoms with van der Waals surface area (Å²) in [5, 5.41) is 13.8. The first-order valence-electron chi connectivity index (χ1n) is 7.26. The number of non-ortho nitro benzene ring substituents is 1. The highest BCUT2D eigenvalue weighted by atomic mass is 35.5. The van der Waals surface area contributed by atoms with E-state index in [1.807, 2.05) is 11.9 Å². The van der Waals surface area contributed by atoms with Gasteiger partial charge in [-0.2, -0.15) is 0 Å². The molecule has 0 spiro atoms. The molecule has 1 N–H and O–H groups in total. The highest BCUT2D eigenvalue weighted by Gasteiger charge is 2.23. The number of hydrogen-bond donors (Lipinski definition) is 1. The summed E-state index contributed by atoms with van der Waals surface area (Å²) in [5.74, 6) is 0.620. The van der Waals surface area contributed by atoms with Gasteiger partial charge in [0.25, 0.3) is 5.69 Å². The Labute approximate surface area is 136 Å². The molecule has 0 bridgehead atoms. The highest BCUT2D eigenvalue weighted by Crippen LogP contribution is 2.18. The lowest BCUT2D eigenvalue weighted by molar-refractivity contribution is -0.384. The number of rotatable bonds is 5. The van der Waals surface area contributed by atoms with Crippen LogP contribution in [0.1, 0.15) is 18.4 Å². The number of nitro groups is 1. The van der Waals surface area contributed by atoms with E-state index in [2.05, 4.69) is 5.32 Å². The molecule has 1 unspecified atom stereocenters. The van der Waals surface area contributed by atoms with E-state index in [-0.39, 0.29) is 24.0 Å². The van der Waals surface area contributed by atoms with Crippen molar-refractivity contribution in [3.63, 3.8) is 0 Å². The average molecular weight is 328 g/mol. The lowest BCUT2D eigenvalue weighted by atomic mass is 9.97. The molecule has 1 heterocycles. The van der Waals surface area contributed by atoms with Crippen molar-refractivity contribution in [1.82, 2.24) is 10.2 Å². The fourth-order valence-corrected chi connectivity index (χ4v) is 2.77. The van der Waals surface area contributed by atoms with Gasteiger partial charge in [0.1, 0.15) is 0 Å². The van der Waals surface area contributed by atoms with Crippen molar-refractivity contribution in [2.75, 3.05) is 26.7 Å². The van der Waals surface area contributed by atoms with Gasteiger partial charge in [0.05, 0.1) is 11.3 Å². The van der Waals surface area contributed by atoms with E-state index in [0.717, 1.165) is 38.0 Å². The van der Waals surface area contributed by atoms with Gasteiger partial charge in [-0.15, -0.1) is 12.4 Å². The molecule has 2 rings (SSSR count). The number of benzene rings is 1. The summed E-state index contributed by atoms with van der Waals surface area (Å²) in [6.07, 6.45) is 2.50. The molecule has 1 atom stereocenters. The molecule has 122 valence electrons. The molecule has 0 aliphatic carbocycles. The normalized spacial score (nSPS) is 17.7. The molecule has 1 fully saturated rings. The summed E-state index contributed by atoms with van der Waals surface area (Å²) in [4.78, 5) is 24.4. The van der Waals surface area contributed by atoms with Gasteiger partial charge in [0, 0.05) is 25.2 Å². The molecule has 1 aliphatic rings. The zero-order valence-corrected chi connectivity index (χ0v) is 13.5.